The van der Waals surface area contributed by atoms with Gasteiger partial charge in [0.25, 0.3) is 5.91 Å². The van der Waals surface area contributed by atoms with Crippen LogP contribution in [-0.2, 0) is 9.47 Å². The van der Waals surface area contributed by atoms with E-state index >= 15 is 0 Å². The minimum absolute atomic E-state index is 0.0714. The zero-order chi connectivity index (χ0) is 20.4. The normalized spacial score (nSPS) is 10.7. The summed E-state index contributed by atoms with van der Waals surface area (Å²) in [4.78, 5) is 36.4. The van der Waals surface area contributed by atoms with E-state index in [0.717, 1.165) is 28.2 Å². The fourth-order valence-corrected chi connectivity index (χ4v) is 3.37. The van der Waals surface area contributed by atoms with Crippen molar-refractivity contribution < 1.29 is 32.6 Å². The molecule has 0 aliphatic heterocycles. The first-order valence-corrected chi connectivity index (χ1v) is 8.71. The molecule has 3 aromatic rings. The summed E-state index contributed by atoms with van der Waals surface area (Å²) in [6, 6.07) is 3.71. The summed E-state index contributed by atoms with van der Waals surface area (Å²) in [5, 5.41) is 6.38. The zero-order valence-corrected chi connectivity index (χ0v) is 15.4. The summed E-state index contributed by atoms with van der Waals surface area (Å²) in [5.74, 6) is -3.39. The second-order valence-electron chi connectivity index (χ2n) is 5.39. The summed E-state index contributed by atoms with van der Waals surface area (Å²) in [5.41, 5.74) is -0.0642. The Bertz CT molecular complexity index is 1070. The van der Waals surface area contributed by atoms with Crippen LogP contribution in [0.1, 0.15) is 27.0 Å². The molecule has 0 atom stereocenters. The van der Waals surface area contributed by atoms with Crippen LogP contribution >= 0.6 is 11.3 Å². The van der Waals surface area contributed by atoms with E-state index in [1.807, 2.05) is 0 Å². The smallest absolute Gasteiger partial charge is 0.435 e. The van der Waals surface area contributed by atoms with Gasteiger partial charge in [-0.1, -0.05) is 0 Å². The lowest BCUT2D eigenvalue weighted by atomic mass is 10.2. The first-order valence-electron chi connectivity index (χ1n) is 7.89. The van der Waals surface area contributed by atoms with E-state index in [-0.39, 0.29) is 28.4 Å². The van der Waals surface area contributed by atoms with Crippen LogP contribution in [0.25, 0.3) is 10.2 Å². The molecule has 11 heteroatoms. The second kappa shape index (κ2) is 7.72. The third-order valence-corrected chi connectivity index (χ3v) is 4.65. The summed E-state index contributed by atoms with van der Waals surface area (Å²) in [6.45, 7) is 1.69. The van der Waals surface area contributed by atoms with E-state index in [4.69, 9.17) is 4.74 Å². The lowest BCUT2D eigenvalue weighted by molar-refractivity contribution is 0.0606. The molecule has 28 heavy (non-hydrogen) atoms. The molecule has 0 aliphatic carbocycles. The molecule has 0 unspecified atom stereocenters. The van der Waals surface area contributed by atoms with E-state index in [2.05, 4.69) is 15.2 Å². The number of carbonyl (C=O) groups excluding carboxylic acids is 3. The molecule has 0 aliphatic rings. The van der Waals surface area contributed by atoms with E-state index in [0.29, 0.717) is 10.8 Å². The molecule has 0 saturated heterocycles. The van der Waals surface area contributed by atoms with Gasteiger partial charge in [-0.15, -0.1) is 16.4 Å². The number of benzene rings is 1. The number of anilines is 1. The quantitative estimate of drug-likeness (QED) is 0.663. The number of nitrogens with zero attached hydrogens (tertiary/aromatic N) is 2. The Morgan fingerprint density at radius 2 is 1.86 bits per heavy atom. The molecular formula is C17H13F2N3O5S. The highest BCUT2D eigenvalue weighted by Crippen LogP contribution is 2.33. The summed E-state index contributed by atoms with van der Waals surface area (Å²) >= 11 is 0.928. The summed E-state index contributed by atoms with van der Waals surface area (Å²) in [7, 11) is 1.20. The maximum Gasteiger partial charge on any atom is 0.435 e. The highest BCUT2D eigenvalue weighted by Gasteiger charge is 2.23. The average molecular weight is 409 g/mol. The maximum absolute atomic E-state index is 13.4. The molecule has 0 radical (unpaired) electrons. The Balaban J connectivity index is 2.04. The number of halogens is 2. The van der Waals surface area contributed by atoms with Crippen LogP contribution in [0.3, 0.4) is 0 Å². The lowest BCUT2D eigenvalue weighted by Gasteiger charge is -2.04. The van der Waals surface area contributed by atoms with Crippen molar-refractivity contribution in [2.45, 2.75) is 6.92 Å². The van der Waals surface area contributed by atoms with Gasteiger partial charge in [0.2, 0.25) is 0 Å². The Kier molecular flexibility index (Phi) is 5.36. The summed E-state index contributed by atoms with van der Waals surface area (Å²) in [6.07, 6.45) is -0.820. The van der Waals surface area contributed by atoms with Gasteiger partial charge in [0.1, 0.15) is 16.5 Å². The highest BCUT2D eigenvalue weighted by atomic mass is 32.1. The van der Waals surface area contributed by atoms with Crippen LogP contribution in [0.4, 0.5) is 19.4 Å². The zero-order valence-electron chi connectivity index (χ0n) is 14.6. The highest BCUT2D eigenvalue weighted by molar-refractivity contribution is 7.21. The van der Waals surface area contributed by atoms with Gasteiger partial charge in [0.05, 0.1) is 23.9 Å². The molecule has 1 amide bonds. The van der Waals surface area contributed by atoms with Gasteiger partial charge in [0, 0.05) is 11.6 Å². The predicted octanol–water partition coefficient (Wildman–Crippen LogP) is 3.42. The number of ether oxygens (including phenoxy) is 2. The van der Waals surface area contributed by atoms with Gasteiger partial charge in [-0.05, 0) is 25.1 Å². The molecule has 2 heterocycles. The Morgan fingerprint density at radius 3 is 2.46 bits per heavy atom. The maximum atomic E-state index is 13.4. The fraction of sp³-hybridized carbons (Fsp3) is 0.176. The molecule has 0 fully saturated rings. The van der Waals surface area contributed by atoms with Crippen LogP contribution in [0.5, 0.6) is 0 Å². The average Bonchev–Trinajstić information content (AvgIpc) is 3.21. The molecule has 0 bridgehead atoms. The van der Waals surface area contributed by atoms with Crippen molar-refractivity contribution in [2.24, 2.45) is 0 Å². The number of thiophene rings is 1. The number of hydrogen-bond acceptors (Lipinski definition) is 7. The Morgan fingerprint density at radius 1 is 1.18 bits per heavy atom. The second-order valence-corrected chi connectivity index (χ2v) is 6.44. The fourth-order valence-electron chi connectivity index (χ4n) is 2.38. The molecule has 146 valence electrons. The molecule has 1 N–H and O–H groups in total. The number of esters is 1. The molecule has 1 aromatic carbocycles. The standard InChI is InChI=1S/C17H13F2N3O5S/c1-3-27-17(25)22-11-7-12(16(24)26-2)28-13(11)14(21-22)20-15(23)8-4-9(18)6-10(19)5-8/h4-7H,3H2,1-2H3,(H,20,21,23). The number of methoxy groups -OCH3 is 1. The van der Waals surface area contributed by atoms with Crippen molar-refractivity contribution in [1.82, 2.24) is 9.78 Å². The Labute approximate surface area is 160 Å². The van der Waals surface area contributed by atoms with E-state index in [9.17, 15) is 23.2 Å². The van der Waals surface area contributed by atoms with Gasteiger partial charge in [0.15, 0.2) is 5.82 Å². The van der Waals surface area contributed by atoms with Gasteiger partial charge < -0.3 is 14.8 Å². The van der Waals surface area contributed by atoms with Crippen molar-refractivity contribution in [1.29, 1.82) is 0 Å². The van der Waals surface area contributed by atoms with Gasteiger partial charge >= 0.3 is 12.1 Å². The minimum Gasteiger partial charge on any atom is -0.465 e. The minimum atomic E-state index is -0.920. The number of rotatable bonds is 4. The number of carbonyl (C=O) groups is 3. The van der Waals surface area contributed by atoms with Gasteiger partial charge in [-0.3, -0.25) is 4.79 Å². The lowest BCUT2D eigenvalue weighted by Crippen LogP contribution is -2.17. The van der Waals surface area contributed by atoms with Crippen molar-refractivity contribution in [3.8, 4) is 0 Å². The van der Waals surface area contributed by atoms with Gasteiger partial charge in [-0.2, -0.15) is 4.68 Å². The van der Waals surface area contributed by atoms with Crippen molar-refractivity contribution in [2.75, 3.05) is 19.0 Å². The first kappa shape index (κ1) is 19.4. The number of nitrogens with one attached hydrogen (secondary N) is 1. The monoisotopic (exact) mass is 409 g/mol. The molecule has 3 rings (SSSR count). The van der Waals surface area contributed by atoms with Crippen molar-refractivity contribution >= 4 is 45.3 Å². The van der Waals surface area contributed by atoms with E-state index in [1.54, 1.807) is 6.92 Å². The SMILES string of the molecule is CCOC(=O)n1nc(NC(=O)c2cc(F)cc(F)c2)c2sc(C(=O)OC)cc21. The number of fused-ring (bicyclic) bond motifs is 1. The van der Waals surface area contributed by atoms with Crippen LogP contribution in [0.2, 0.25) is 0 Å². The first-order chi connectivity index (χ1) is 13.3. The number of aromatic nitrogens is 2. The van der Waals surface area contributed by atoms with Crippen LogP contribution in [0.15, 0.2) is 24.3 Å². The third-order valence-electron chi connectivity index (χ3n) is 3.54. The van der Waals surface area contributed by atoms with E-state index in [1.165, 1.54) is 13.2 Å². The Hall–Kier alpha value is -3.34. The molecule has 2 aromatic heterocycles. The number of amides is 1. The molecular weight excluding hydrogens is 396 g/mol. The molecule has 0 spiro atoms. The van der Waals surface area contributed by atoms with Crippen molar-refractivity contribution in [3.63, 3.8) is 0 Å². The molecule has 0 saturated carbocycles. The van der Waals surface area contributed by atoms with Crippen LogP contribution < -0.4 is 5.32 Å². The largest absolute Gasteiger partial charge is 0.465 e. The summed E-state index contributed by atoms with van der Waals surface area (Å²) < 4.78 is 37.4. The van der Waals surface area contributed by atoms with E-state index < -0.39 is 29.6 Å². The van der Waals surface area contributed by atoms with Crippen molar-refractivity contribution in [3.05, 3.63) is 46.3 Å². The van der Waals surface area contributed by atoms with Crippen LogP contribution in [0, 0.1) is 11.6 Å². The third kappa shape index (κ3) is 3.69. The van der Waals surface area contributed by atoms with Crippen LogP contribution in [-0.4, -0.2) is 41.5 Å². The topological polar surface area (TPSA) is 99.5 Å². The van der Waals surface area contributed by atoms with Gasteiger partial charge in [-0.25, -0.2) is 18.4 Å². The predicted molar refractivity (Wildman–Crippen MR) is 95.7 cm³/mol. The number of hydrogen-bond donors (Lipinski definition) is 1. The molecule has 8 nitrogen and oxygen atoms in total.